The standard InChI is InChI=1S/C24H15NO4/c26-21-16-12-7-13-17-19(16)20(22(27)18(21)14-8-3-1-4-9-14)24(29)25(23(17)28)15-10-5-2-6-11-15/h1-13,18,20H. The molecule has 1 aliphatic heterocycles. The van der Waals surface area contributed by atoms with E-state index in [-0.39, 0.29) is 22.5 Å². The maximum atomic E-state index is 13.4. The van der Waals surface area contributed by atoms with Gasteiger partial charge in [-0.05, 0) is 29.3 Å². The Labute approximate surface area is 166 Å². The van der Waals surface area contributed by atoms with E-state index < -0.39 is 29.4 Å². The molecule has 2 atom stereocenters. The van der Waals surface area contributed by atoms with E-state index in [9.17, 15) is 19.2 Å². The molecule has 2 aliphatic rings. The number of para-hydroxylation sites is 1. The van der Waals surface area contributed by atoms with Crippen LogP contribution in [-0.4, -0.2) is 23.4 Å². The van der Waals surface area contributed by atoms with Crippen molar-refractivity contribution in [1.29, 1.82) is 0 Å². The highest BCUT2D eigenvalue weighted by atomic mass is 16.2. The first-order valence-electron chi connectivity index (χ1n) is 9.28. The smallest absolute Gasteiger partial charge is 0.265 e. The molecule has 0 saturated carbocycles. The van der Waals surface area contributed by atoms with Gasteiger partial charge in [0.25, 0.3) is 5.91 Å². The van der Waals surface area contributed by atoms with Crippen molar-refractivity contribution in [2.75, 3.05) is 4.90 Å². The van der Waals surface area contributed by atoms with Gasteiger partial charge >= 0.3 is 0 Å². The van der Waals surface area contributed by atoms with Gasteiger partial charge in [0, 0.05) is 11.1 Å². The quantitative estimate of drug-likeness (QED) is 0.503. The van der Waals surface area contributed by atoms with Crippen LogP contribution in [0.25, 0.3) is 0 Å². The van der Waals surface area contributed by atoms with E-state index in [1.54, 1.807) is 78.9 Å². The first-order valence-corrected chi connectivity index (χ1v) is 9.28. The monoisotopic (exact) mass is 381 g/mol. The summed E-state index contributed by atoms with van der Waals surface area (Å²) < 4.78 is 0. The number of rotatable bonds is 2. The summed E-state index contributed by atoms with van der Waals surface area (Å²) in [6.45, 7) is 0. The molecule has 0 saturated heterocycles. The van der Waals surface area contributed by atoms with Crippen LogP contribution >= 0.6 is 0 Å². The van der Waals surface area contributed by atoms with Crippen molar-refractivity contribution in [1.82, 2.24) is 0 Å². The molecule has 140 valence electrons. The van der Waals surface area contributed by atoms with Crippen molar-refractivity contribution in [2.45, 2.75) is 11.8 Å². The molecular formula is C24H15NO4. The lowest BCUT2D eigenvalue weighted by molar-refractivity contribution is -0.129. The fourth-order valence-corrected chi connectivity index (χ4v) is 4.25. The first-order chi connectivity index (χ1) is 14.1. The van der Waals surface area contributed by atoms with Crippen LogP contribution in [0, 0.1) is 0 Å². The molecule has 5 rings (SSSR count). The second kappa shape index (κ2) is 6.34. The van der Waals surface area contributed by atoms with E-state index >= 15 is 0 Å². The fraction of sp³-hybridized carbons (Fsp3) is 0.0833. The summed E-state index contributed by atoms with van der Waals surface area (Å²) in [7, 11) is 0. The van der Waals surface area contributed by atoms with Crippen LogP contribution < -0.4 is 4.90 Å². The minimum absolute atomic E-state index is 0.226. The van der Waals surface area contributed by atoms with Gasteiger partial charge in [0.2, 0.25) is 5.91 Å². The average Bonchev–Trinajstić information content (AvgIpc) is 2.75. The van der Waals surface area contributed by atoms with Gasteiger partial charge < -0.3 is 0 Å². The molecular weight excluding hydrogens is 366 g/mol. The van der Waals surface area contributed by atoms with E-state index in [1.165, 1.54) is 0 Å². The molecule has 0 radical (unpaired) electrons. The summed E-state index contributed by atoms with van der Waals surface area (Å²) in [6, 6.07) is 22.0. The number of anilines is 1. The fourth-order valence-electron chi connectivity index (χ4n) is 4.25. The lowest BCUT2D eigenvalue weighted by Crippen LogP contribution is -2.51. The van der Waals surface area contributed by atoms with Gasteiger partial charge in [0.15, 0.2) is 11.6 Å². The second-order valence-electron chi connectivity index (χ2n) is 7.12. The molecule has 0 fully saturated rings. The third-order valence-corrected chi connectivity index (χ3v) is 5.54. The molecule has 5 nitrogen and oxygen atoms in total. The van der Waals surface area contributed by atoms with Crippen molar-refractivity contribution in [3.8, 4) is 0 Å². The van der Waals surface area contributed by atoms with Crippen LogP contribution in [-0.2, 0) is 9.59 Å². The molecule has 1 aliphatic carbocycles. The van der Waals surface area contributed by atoms with Crippen molar-refractivity contribution < 1.29 is 19.2 Å². The summed E-state index contributed by atoms with van der Waals surface area (Å²) in [5.74, 6) is -4.23. The van der Waals surface area contributed by atoms with Crippen LogP contribution in [0.15, 0.2) is 78.9 Å². The number of nitrogens with zero attached hydrogens (tertiary/aromatic N) is 1. The van der Waals surface area contributed by atoms with Crippen LogP contribution in [0.2, 0.25) is 0 Å². The highest BCUT2D eigenvalue weighted by Crippen LogP contribution is 2.43. The van der Waals surface area contributed by atoms with Gasteiger partial charge in [0.05, 0.1) is 5.69 Å². The Kier molecular flexibility index (Phi) is 3.77. The molecule has 0 N–H and O–H groups in total. The zero-order valence-corrected chi connectivity index (χ0v) is 15.2. The topological polar surface area (TPSA) is 71.5 Å². The molecule has 0 bridgehead atoms. The molecule has 2 amide bonds. The van der Waals surface area contributed by atoms with Crippen LogP contribution in [0.3, 0.4) is 0 Å². The van der Waals surface area contributed by atoms with E-state index in [4.69, 9.17) is 0 Å². The van der Waals surface area contributed by atoms with Crippen LogP contribution in [0.4, 0.5) is 5.69 Å². The molecule has 5 heteroatoms. The predicted molar refractivity (Wildman–Crippen MR) is 106 cm³/mol. The molecule has 1 heterocycles. The molecule has 2 unspecified atom stereocenters. The maximum absolute atomic E-state index is 13.4. The number of hydrogen-bond acceptors (Lipinski definition) is 4. The average molecular weight is 381 g/mol. The zero-order valence-electron chi connectivity index (χ0n) is 15.2. The number of carbonyl (C=O) groups is 4. The van der Waals surface area contributed by atoms with Gasteiger partial charge in [-0.2, -0.15) is 0 Å². The molecule has 0 spiro atoms. The normalized spacial score (nSPS) is 20.6. The molecule has 3 aromatic rings. The third kappa shape index (κ3) is 2.41. The van der Waals surface area contributed by atoms with Crippen molar-refractivity contribution in [3.63, 3.8) is 0 Å². The minimum Gasteiger partial charge on any atom is -0.297 e. The zero-order chi connectivity index (χ0) is 20.1. The van der Waals surface area contributed by atoms with Gasteiger partial charge in [-0.3, -0.25) is 19.2 Å². The Morgan fingerprint density at radius 1 is 0.621 bits per heavy atom. The SMILES string of the molecule is O=C1c2cccc3c2C(C(=O)C1c1ccccc1)C(=O)N(c1ccccc1)C3=O. The number of Topliss-reactive ketones (excluding diaryl/α,β-unsaturated/α-hetero) is 2. The van der Waals surface area contributed by atoms with Crippen molar-refractivity contribution in [2.24, 2.45) is 0 Å². The van der Waals surface area contributed by atoms with Gasteiger partial charge in [-0.1, -0.05) is 60.7 Å². The number of imide groups is 1. The van der Waals surface area contributed by atoms with Crippen molar-refractivity contribution in [3.05, 3.63) is 101 Å². The van der Waals surface area contributed by atoms with Crippen LogP contribution in [0.5, 0.6) is 0 Å². The van der Waals surface area contributed by atoms with E-state index in [2.05, 4.69) is 0 Å². The summed E-state index contributed by atoms with van der Waals surface area (Å²) in [4.78, 5) is 54.1. The lowest BCUT2D eigenvalue weighted by Gasteiger charge is -2.37. The highest BCUT2D eigenvalue weighted by Gasteiger charge is 2.52. The largest absolute Gasteiger partial charge is 0.297 e. The third-order valence-electron chi connectivity index (χ3n) is 5.54. The predicted octanol–water partition coefficient (Wildman–Crippen LogP) is 3.51. The molecule has 0 aromatic heterocycles. The summed E-state index contributed by atoms with van der Waals surface area (Å²) in [5, 5.41) is 0. The Bertz CT molecular complexity index is 1090. The Morgan fingerprint density at radius 3 is 1.93 bits per heavy atom. The number of ketones is 2. The number of hydrogen-bond donors (Lipinski definition) is 0. The van der Waals surface area contributed by atoms with Gasteiger partial charge in [0.1, 0.15) is 11.8 Å². The Balaban J connectivity index is 1.74. The summed E-state index contributed by atoms with van der Waals surface area (Å²) in [6.07, 6.45) is 0. The molecule has 29 heavy (non-hydrogen) atoms. The minimum atomic E-state index is -1.18. The lowest BCUT2D eigenvalue weighted by atomic mass is 9.69. The van der Waals surface area contributed by atoms with Crippen molar-refractivity contribution >= 4 is 29.1 Å². The maximum Gasteiger partial charge on any atom is 0.265 e. The van der Waals surface area contributed by atoms with E-state index in [0.717, 1.165) is 4.90 Å². The number of carbonyl (C=O) groups excluding carboxylic acids is 4. The van der Waals surface area contributed by atoms with Gasteiger partial charge in [-0.15, -0.1) is 0 Å². The van der Waals surface area contributed by atoms with E-state index in [0.29, 0.717) is 11.3 Å². The first kappa shape index (κ1) is 17.3. The summed E-state index contributed by atoms with van der Waals surface area (Å²) >= 11 is 0. The molecule has 3 aromatic carbocycles. The Morgan fingerprint density at radius 2 is 1.24 bits per heavy atom. The number of benzene rings is 3. The van der Waals surface area contributed by atoms with E-state index in [1.807, 2.05) is 0 Å². The second-order valence-corrected chi connectivity index (χ2v) is 7.12. The van der Waals surface area contributed by atoms with Crippen LogP contribution in [0.1, 0.15) is 43.7 Å². The highest BCUT2D eigenvalue weighted by molar-refractivity contribution is 6.36. The summed E-state index contributed by atoms with van der Waals surface area (Å²) in [5.41, 5.74) is 1.70. The Hall–Kier alpha value is -3.86. The van der Waals surface area contributed by atoms with Gasteiger partial charge in [-0.25, -0.2) is 4.90 Å². The number of amides is 2.